The summed E-state index contributed by atoms with van der Waals surface area (Å²) in [6, 6.07) is 15.2. The lowest BCUT2D eigenvalue weighted by Gasteiger charge is -2.15. The number of Topliss-reactive ketones (excluding diaryl/α,β-unsaturated/α-hetero) is 2. The summed E-state index contributed by atoms with van der Waals surface area (Å²) in [5.74, 6) is -1.54. The fraction of sp³-hybridized carbons (Fsp3) is 0.238. The fourth-order valence-electron chi connectivity index (χ4n) is 2.43. The molecule has 2 rings (SSSR count). The summed E-state index contributed by atoms with van der Waals surface area (Å²) in [5, 5.41) is 2.58. The van der Waals surface area contributed by atoms with Crippen molar-refractivity contribution in [3.05, 3.63) is 65.7 Å². The predicted octanol–water partition coefficient (Wildman–Crippen LogP) is 3.42. The number of para-hydroxylation sites is 1. The van der Waals surface area contributed by atoms with Gasteiger partial charge in [0.05, 0.1) is 12.1 Å². The van der Waals surface area contributed by atoms with Crippen molar-refractivity contribution in [2.75, 3.05) is 5.32 Å². The topological polar surface area (TPSA) is 89.5 Å². The Hall–Kier alpha value is -3.28. The number of esters is 1. The first-order valence-electron chi connectivity index (χ1n) is 8.57. The lowest BCUT2D eigenvalue weighted by Crippen LogP contribution is -2.30. The number of rotatable bonds is 8. The molecule has 0 aliphatic carbocycles. The summed E-state index contributed by atoms with van der Waals surface area (Å²) in [6.45, 7) is 2.83. The van der Waals surface area contributed by atoms with E-state index in [1.54, 1.807) is 54.6 Å². The molecule has 0 saturated carbocycles. The van der Waals surface area contributed by atoms with Gasteiger partial charge < -0.3 is 10.1 Å². The molecule has 2 aromatic carbocycles. The summed E-state index contributed by atoms with van der Waals surface area (Å²) in [5.41, 5.74) is 1.26. The second-order valence-electron chi connectivity index (χ2n) is 6.01. The molecule has 1 amide bonds. The van der Waals surface area contributed by atoms with Crippen molar-refractivity contribution in [3.8, 4) is 0 Å². The van der Waals surface area contributed by atoms with Crippen molar-refractivity contribution in [3.63, 3.8) is 0 Å². The van der Waals surface area contributed by atoms with Crippen molar-refractivity contribution in [2.45, 2.75) is 32.8 Å². The van der Waals surface area contributed by atoms with Crippen LogP contribution in [-0.4, -0.2) is 29.5 Å². The molecule has 140 valence electrons. The van der Waals surface area contributed by atoms with Crippen LogP contribution < -0.4 is 5.32 Å². The van der Waals surface area contributed by atoms with Gasteiger partial charge in [0.15, 0.2) is 17.7 Å². The van der Waals surface area contributed by atoms with Crippen LogP contribution in [0.15, 0.2) is 54.6 Å². The summed E-state index contributed by atoms with van der Waals surface area (Å²) >= 11 is 0. The minimum atomic E-state index is -1.05. The number of carbonyl (C=O) groups is 4. The van der Waals surface area contributed by atoms with Crippen LogP contribution in [0.4, 0.5) is 5.69 Å². The molecule has 0 heterocycles. The Morgan fingerprint density at radius 3 is 2.22 bits per heavy atom. The SMILES string of the molecule is CC(=O)c1ccccc1NC(=O)[C@@H](C)OC(=O)CCC(=O)c1ccccc1. The van der Waals surface area contributed by atoms with E-state index in [4.69, 9.17) is 4.74 Å². The van der Waals surface area contributed by atoms with Crippen LogP contribution in [0.3, 0.4) is 0 Å². The molecule has 1 N–H and O–H groups in total. The molecule has 0 aliphatic rings. The highest BCUT2D eigenvalue weighted by Gasteiger charge is 2.20. The molecule has 1 atom stereocenters. The van der Waals surface area contributed by atoms with Gasteiger partial charge >= 0.3 is 5.97 Å². The third-order valence-corrected chi connectivity index (χ3v) is 3.89. The Bertz CT molecular complexity index is 845. The lowest BCUT2D eigenvalue weighted by molar-refractivity contribution is -0.153. The number of amides is 1. The molecule has 0 spiro atoms. The zero-order chi connectivity index (χ0) is 19.8. The van der Waals surface area contributed by atoms with Crippen LogP contribution in [0.1, 0.15) is 47.4 Å². The first-order chi connectivity index (χ1) is 12.9. The molecule has 2 aromatic rings. The van der Waals surface area contributed by atoms with Crippen LogP contribution in [0.2, 0.25) is 0 Å². The molecule has 0 unspecified atom stereocenters. The minimum absolute atomic E-state index is 0.00432. The Balaban J connectivity index is 1.86. The van der Waals surface area contributed by atoms with Gasteiger partial charge in [-0.05, 0) is 26.0 Å². The van der Waals surface area contributed by atoms with Crippen LogP contribution in [0, 0.1) is 0 Å². The maximum Gasteiger partial charge on any atom is 0.307 e. The molecule has 0 saturated heterocycles. The molecule has 0 bridgehead atoms. The molecule has 0 fully saturated rings. The van der Waals surface area contributed by atoms with Crippen molar-refractivity contribution < 1.29 is 23.9 Å². The molecule has 27 heavy (non-hydrogen) atoms. The quantitative estimate of drug-likeness (QED) is 0.570. The second-order valence-corrected chi connectivity index (χ2v) is 6.01. The highest BCUT2D eigenvalue weighted by atomic mass is 16.5. The Labute approximate surface area is 157 Å². The molecular weight excluding hydrogens is 346 g/mol. The second kappa shape index (κ2) is 9.43. The summed E-state index contributed by atoms with van der Waals surface area (Å²) in [7, 11) is 0. The number of anilines is 1. The fourth-order valence-corrected chi connectivity index (χ4v) is 2.43. The van der Waals surface area contributed by atoms with Gasteiger partial charge in [0, 0.05) is 17.5 Å². The normalized spacial score (nSPS) is 11.3. The van der Waals surface area contributed by atoms with Crippen LogP contribution in [-0.2, 0) is 14.3 Å². The zero-order valence-electron chi connectivity index (χ0n) is 15.2. The van der Waals surface area contributed by atoms with Crippen molar-refractivity contribution in [1.29, 1.82) is 0 Å². The molecule has 6 heteroatoms. The van der Waals surface area contributed by atoms with Crippen LogP contribution in [0.25, 0.3) is 0 Å². The van der Waals surface area contributed by atoms with E-state index in [0.717, 1.165) is 0 Å². The van der Waals surface area contributed by atoms with Gasteiger partial charge in [0.2, 0.25) is 0 Å². The third kappa shape index (κ3) is 5.88. The van der Waals surface area contributed by atoms with E-state index >= 15 is 0 Å². The van der Waals surface area contributed by atoms with Crippen molar-refractivity contribution >= 4 is 29.1 Å². The molecule has 6 nitrogen and oxygen atoms in total. The Morgan fingerprint density at radius 1 is 0.926 bits per heavy atom. The van der Waals surface area contributed by atoms with Gasteiger partial charge in [0.25, 0.3) is 5.91 Å². The number of hydrogen-bond acceptors (Lipinski definition) is 5. The van der Waals surface area contributed by atoms with Gasteiger partial charge in [-0.2, -0.15) is 0 Å². The van der Waals surface area contributed by atoms with E-state index in [1.165, 1.54) is 13.8 Å². The summed E-state index contributed by atoms with van der Waals surface area (Å²) in [4.78, 5) is 47.7. The van der Waals surface area contributed by atoms with Crippen LogP contribution >= 0.6 is 0 Å². The molecule has 0 aromatic heterocycles. The minimum Gasteiger partial charge on any atom is -0.453 e. The van der Waals surface area contributed by atoms with E-state index in [2.05, 4.69) is 5.32 Å². The van der Waals surface area contributed by atoms with Gasteiger partial charge in [-0.25, -0.2) is 0 Å². The average Bonchev–Trinajstić information content (AvgIpc) is 2.67. The maximum absolute atomic E-state index is 12.2. The van der Waals surface area contributed by atoms with E-state index < -0.39 is 18.0 Å². The zero-order valence-corrected chi connectivity index (χ0v) is 15.2. The maximum atomic E-state index is 12.2. The third-order valence-electron chi connectivity index (χ3n) is 3.89. The van der Waals surface area contributed by atoms with E-state index in [1.807, 2.05) is 0 Å². The molecular formula is C21H21NO5. The van der Waals surface area contributed by atoms with Gasteiger partial charge in [-0.3, -0.25) is 19.2 Å². The standard InChI is InChI=1S/C21H21NO5/c1-14(23)17-10-6-7-11-18(17)22-21(26)15(2)27-20(25)13-12-19(24)16-8-4-3-5-9-16/h3-11,15H,12-13H2,1-2H3,(H,22,26)/t15-/m1/s1. The predicted molar refractivity (Wildman–Crippen MR) is 101 cm³/mol. The molecule has 0 radical (unpaired) electrons. The first-order valence-corrected chi connectivity index (χ1v) is 8.57. The summed E-state index contributed by atoms with van der Waals surface area (Å²) in [6.07, 6.45) is -1.16. The number of hydrogen-bond donors (Lipinski definition) is 1. The Kier molecular flexibility index (Phi) is 7.00. The largest absolute Gasteiger partial charge is 0.453 e. The summed E-state index contributed by atoms with van der Waals surface area (Å²) < 4.78 is 5.08. The van der Waals surface area contributed by atoms with Crippen LogP contribution in [0.5, 0.6) is 0 Å². The number of nitrogens with one attached hydrogen (secondary N) is 1. The van der Waals surface area contributed by atoms with E-state index in [9.17, 15) is 19.2 Å². The van der Waals surface area contributed by atoms with Gasteiger partial charge in [-0.15, -0.1) is 0 Å². The van der Waals surface area contributed by atoms with Gasteiger partial charge in [0.1, 0.15) is 0 Å². The monoisotopic (exact) mass is 367 g/mol. The molecule has 0 aliphatic heterocycles. The van der Waals surface area contributed by atoms with Crippen molar-refractivity contribution in [1.82, 2.24) is 0 Å². The highest BCUT2D eigenvalue weighted by molar-refractivity contribution is 6.04. The van der Waals surface area contributed by atoms with E-state index in [0.29, 0.717) is 16.8 Å². The average molecular weight is 367 g/mol. The van der Waals surface area contributed by atoms with Crippen molar-refractivity contribution in [2.24, 2.45) is 0 Å². The van der Waals surface area contributed by atoms with E-state index in [-0.39, 0.29) is 24.4 Å². The smallest absolute Gasteiger partial charge is 0.307 e. The van der Waals surface area contributed by atoms with Gasteiger partial charge in [-0.1, -0.05) is 42.5 Å². The number of ether oxygens (including phenoxy) is 1. The number of benzene rings is 2. The lowest BCUT2D eigenvalue weighted by atomic mass is 10.1. The number of ketones is 2. The Morgan fingerprint density at radius 2 is 1.56 bits per heavy atom. The highest BCUT2D eigenvalue weighted by Crippen LogP contribution is 2.16. The first kappa shape index (κ1) is 20.0. The number of carbonyl (C=O) groups excluding carboxylic acids is 4.